The fourth-order valence-electron chi connectivity index (χ4n) is 2.25. The number of hydrogen-bond donors (Lipinski definition) is 2. The van der Waals surface area contributed by atoms with Crippen LogP contribution in [0, 0.1) is 0 Å². The summed E-state index contributed by atoms with van der Waals surface area (Å²) in [7, 11) is -3.48. The molecule has 1 aromatic rings. The summed E-state index contributed by atoms with van der Waals surface area (Å²) in [4.78, 5) is 23.5. The first-order valence-electron chi connectivity index (χ1n) is 7.26. The van der Waals surface area contributed by atoms with Crippen molar-refractivity contribution in [3.05, 3.63) is 17.0 Å². The Morgan fingerprint density at radius 2 is 1.91 bits per heavy atom. The lowest BCUT2D eigenvalue weighted by atomic mass is 10.1. The van der Waals surface area contributed by atoms with Crippen LogP contribution in [0.15, 0.2) is 16.3 Å². The molecule has 1 aliphatic rings. The number of carboxylic acids is 1. The Kier molecular flexibility index (Phi) is 5.12. The molecule has 0 atom stereocenters. The summed E-state index contributed by atoms with van der Waals surface area (Å²) < 4.78 is 26.5. The third-order valence-corrected chi connectivity index (χ3v) is 7.07. The maximum atomic E-state index is 12.4. The number of aliphatic carboxylic acids is 1. The van der Waals surface area contributed by atoms with E-state index >= 15 is 0 Å². The van der Waals surface area contributed by atoms with Crippen molar-refractivity contribution in [3.8, 4) is 0 Å². The SMILES string of the molecule is CC(C)(NC(=O)Cc1ccc(S(=O)(=O)N2CCCC2)s1)C(=O)O. The number of amides is 1. The molecule has 0 bridgehead atoms. The minimum absolute atomic E-state index is 0.0447. The van der Waals surface area contributed by atoms with Crippen LogP contribution in [0.5, 0.6) is 0 Å². The van der Waals surface area contributed by atoms with E-state index in [9.17, 15) is 18.0 Å². The zero-order valence-corrected chi connectivity index (χ0v) is 14.7. The highest BCUT2D eigenvalue weighted by molar-refractivity contribution is 7.91. The quantitative estimate of drug-likeness (QED) is 0.789. The van der Waals surface area contributed by atoms with Gasteiger partial charge in [0.1, 0.15) is 9.75 Å². The lowest BCUT2D eigenvalue weighted by Crippen LogP contribution is -2.50. The highest BCUT2D eigenvalue weighted by atomic mass is 32.2. The summed E-state index contributed by atoms with van der Waals surface area (Å²) in [5.41, 5.74) is -1.36. The molecule has 0 aliphatic carbocycles. The summed E-state index contributed by atoms with van der Waals surface area (Å²) in [6, 6.07) is 3.10. The zero-order chi connectivity index (χ0) is 17.3. The van der Waals surface area contributed by atoms with Crippen LogP contribution in [0.25, 0.3) is 0 Å². The Morgan fingerprint density at radius 1 is 1.30 bits per heavy atom. The number of carbonyl (C=O) groups excluding carboxylic acids is 1. The van der Waals surface area contributed by atoms with Crippen molar-refractivity contribution < 1.29 is 23.1 Å². The average molecular weight is 360 g/mol. The zero-order valence-electron chi connectivity index (χ0n) is 13.0. The van der Waals surface area contributed by atoms with Crippen LogP contribution < -0.4 is 5.32 Å². The van der Waals surface area contributed by atoms with Crippen LogP contribution in [-0.4, -0.2) is 48.3 Å². The van der Waals surface area contributed by atoms with Crippen molar-refractivity contribution in [2.45, 2.75) is 42.9 Å². The second-order valence-corrected chi connectivity index (χ2v) is 9.32. The Labute approximate surface area is 139 Å². The molecule has 0 saturated carbocycles. The van der Waals surface area contributed by atoms with Gasteiger partial charge in [-0.3, -0.25) is 4.79 Å². The predicted octanol–water partition coefficient (Wildman–Crippen LogP) is 1.05. The van der Waals surface area contributed by atoms with E-state index in [1.165, 1.54) is 24.2 Å². The average Bonchev–Trinajstić information content (AvgIpc) is 3.08. The van der Waals surface area contributed by atoms with Gasteiger partial charge in [0.15, 0.2) is 0 Å². The highest BCUT2D eigenvalue weighted by Crippen LogP contribution is 2.27. The molecular weight excluding hydrogens is 340 g/mol. The number of carbonyl (C=O) groups is 2. The molecular formula is C14H20N2O5S2. The first-order chi connectivity index (χ1) is 10.6. The summed E-state index contributed by atoms with van der Waals surface area (Å²) >= 11 is 1.05. The Bertz CT molecular complexity index is 703. The molecule has 2 rings (SSSR count). The van der Waals surface area contributed by atoms with Crippen LogP contribution in [0.2, 0.25) is 0 Å². The Hall–Kier alpha value is -1.45. The number of nitrogens with one attached hydrogen (secondary N) is 1. The molecule has 2 heterocycles. The lowest BCUT2D eigenvalue weighted by molar-refractivity contribution is -0.145. The third-order valence-electron chi connectivity index (χ3n) is 3.62. The normalized spacial score (nSPS) is 16.4. The van der Waals surface area contributed by atoms with E-state index < -0.39 is 27.4 Å². The third kappa shape index (κ3) is 4.10. The predicted molar refractivity (Wildman–Crippen MR) is 85.9 cm³/mol. The molecule has 1 amide bonds. The number of hydrogen-bond acceptors (Lipinski definition) is 5. The first-order valence-corrected chi connectivity index (χ1v) is 9.52. The molecule has 128 valence electrons. The van der Waals surface area contributed by atoms with Crippen LogP contribution in [-0.2, 0) is 26.0 Å². The fraction of sp³-hybridized carbons (Fsp3) is 0.571. The van der Waals surface area contributed by atoms with E-state index in [-0.39, 0.29) is 10.6 Å². The topological polar surface area (TPSA) is 104 Å². The molecule has 1 fully saturated rings. The van der Waals surface area contributed by atoms with Gasteiger partial charge in [-0.15, -0.1) is 11.3 Å². The van der Waals surface area contributed by atoms with Gasteiger partial charge in [0.25, 0.3) is 10.0 Å². The van der Waals surface area contributed by atoms with Crippen molar-refractivity contribution >= 4 is 33.2 Å². The number of nitrogens with zero attached hydrogens (tertiary/aromatic N) is 1. The minimum atomic E-state index is -3.48. The molecule has 0 spiro atoms. The highest BCUT2D eigenvalue weighted by Gasteiger charge is 2.30. The van der Waals surface area contributed by atoms with Crippen LogP contribution >= 0.6 is 11.3 Å². The molecule has 1 aliphatic heterocycles. The molecule has 9 heteroatoms. The van der Waals surface area contributed by atoms with Crippen LogP contribution in [0.3, 0.4) is 0 Å². The van der Waals surface area contributed by atoms with Gasteiger partial charge in [0.05, 0.1) is 6.42 Å². The van der Waals surface area contributed by atoms with Gasteiger partial charge >= 0.3 is 5.97 Å². The van der Waals surface area contributed by atoms with Gasteiger partial charge in [-0.1, -0.05) is 0 Å². The van der Waals surface area contributed by atoms with Crippen molar-refractivity contribution in [2.75, 3.05) is 13.1 Å². The second-order valence-electron chi connectivity index (χ2n) is 5.99. The van der Waals surface area contributed by atoms with Gasteiger partial charge in [0, 0.05) is 18.0 Å². The monoisotopic (exact) mass is 360 g/mol. The number of carboxylic acid groups (broad SMARTS) is 1. The minimum Gasteiger partial charge on any atom is -0.480 e. The maximum Gasteiger partial charge on any atom is 0.328 e. The molecule has 7 nitrogen and oxygen atoms in total. The molecule has 0 unspecified atom stereocenters. The standard InChI is InChI=1S/C14H20N2O5S2/c1-14(2,13(18)19)15-11(17)9-10-5-6-12(22-10)23(20,21)16-7-3-4-8-16/h5-6H,3-4,7-9H2,1-2H3,(H,15,17)(H,18,19). The lowest BCUT2D eigenvalue weighted by Gasteiger charge is -2.20. The Balaban J connectivity index is 2.05. The smallest absolute Gasteiger partial charge is 0.328 e. The van der Waals surface area contributed by atoms with Crippen molar-refractivity contribution in [1.82, 2.24) is 9.62 Å². The molecule has 23 heavy (non-hydrogen) atoms. The van der Waals surface area contributed by atoms with Crippen LogP contribution in [0.1, 0.15) is 31.6 Å². The van der Waals surface area contributed by atoms with E-state index in [0.717, 1.165) is 24.2 Å². The molecule has 0 aromatic carbocycles. The Morgan fingerprint density at radius 3 is 2.48 bits per heavy atom. The largest absolute Gasteiger partial charge is 0.480 e. The number of rotatable bonds is 6. The van der Waals surface area contributed by atoms with E-state index in [1.54, 1.807) is 6.07 Å². The maximum absolute atomic E-state index is 12.4. The molecule has 0 radical (unpaired) electrons. The number of thiophene rings is 1. The molecule has 2 N–H and O–H groups in total. The summed E-state index contributed by atoms with van der Waals surface area (Å²) in [5, 5.41) is 11.4. The first kappa shape index (κ1) is 17.9. The number of sulfonamides is 1. The van der Waals surface area contributed by atoms with Crippen molar-refractivity contribution in [2.24, 2.45) is 0 Å². The fourth-order valence-corrected chi connectivity index (χ4v) is 5.28. The van der Waals surface area contributed by atoms with Crippen LogP contribution in [0.4, 0.5) is 0 Å². The summed E-state index contributed by atoms with van der Waals surface area (Å²) in [6.45, 7) is 3.85. The summed E-state index contributed by atoms with van der Waals surface area (Å²) in [6.07, 6.45) is 1.69. The van der Waals surface area contributed by atoms with E-state index in [4.69, 9.17) is 5.11 Å². The van der Waals surface area contributed by atoms with Crippen molar-refractivity contribution in [3.63, 3.8) is 0 Å². The van der Waals surface area contributed by atoms with Gasteiger partial charge in [-0.2, -0.15) is 4.31 Å². The second kappa shape index (κ2) is 6.58. The summed E-state index contributed by atoms with van der Waals surface area (Å²) in [5.74, 6) is -1.58. The molecule has 1 saturated heterocycles. The van der Waals surface area contributed by atoms with E-state index in [0.29, 0.717) is 18.0 Å². The van der Waals surface area contributed by atoms with E-state index in [2.05, 4.69) is 5.32 Å². The van der Waals surface area contributed by atoms with E-state index in [1.807, 2.05) is 0 Å². The van der Waals surface area contributed by atoms with Gasteiger partial charge in [-0.05, 0) is 38.8 Å². The van der Waals surface area contributed by atoms with Crippen molar-refractivity contribution in [1.29, 1.82) is 0 Å². The van der Waals surface area contributed by atoms with Gasteiger partial charge < -0.3 is 10.4 Å². The van der Waals surface area contributed by atoms with Gasteiger partial charge in [0.2, 0.25) is 5.91 Å². The van der Waals surface area contributed by atoms with Gasteiger partial charge in [-0.25, -0.2) is 13.2 Å². The molecule has 1 aromatic heterocycles.